The van der Waals surface area contributed by atoms with Crippen molar-refractivity contribution in [2.24, 2.45) is 5.92 Å². The molecule has 1 N–H and O–H groups in total. The maximum Gasteiger partial charge on any atom is 0.321 e. The zero-order valence-corrected chi connectivity index (χ0v) is 15.3. The molecule has 0 aliphatic carbocycles. The summed E-state index contributed by atoms with van der Waals surface area (Å²) < 4.78 is 0. The van der Waals surface area contributed by atoms with Gasteiger partial charge < -0.3 is 10.2 Å². The van der Waals surface area contributed by atoms with Crippen molar-refractivity contribution in [3.63, 3.8) is 0 Å². The Morgan fingerprint density at radius 1 is 1.17 bits per heavy atom. The molecule has 0 bridgehead atoms. The molecule has 0 atom stereocenters. The predicted molar refractivity (Wildman–Crippen MR) is 97.6 cm³/mol. The fourth-order valence-electron chi connectivity index (χ4n) is 2.67. The molecule has 2 rings (SSSR count). The molecular formula is C17H25Cl2N3O. The van der Waals surface area contributed by atoms with Crippen LogP contribution < -0.4 is 5.32 Å². The van der Waals surface area contributed by atoms with Crippen LogP contribution in [0.2, 0.25) is 10.0 Å². The van der Waals surface area contributed by atoms with Crippen LogP contribution in [-0.2, 0) is 0 Å². The molecule has 4 nitrogen and oxygen atoms in total. The number of nitrogens with zero attached hydrogens (tertiary/aromatic N) is 2. The Hall–Kier alpha value is -0.970. The van der Waals surface area contributed by atoms with Gasteiger partial charge in [-0.1, -0.05) is 37.0 Å². The molecule has 0 unspecified atom stereocenters. The Morgan fingerprint density at radius 2 is 1.87 bits per heavy atom. The number of carbonyl (C=O) groups excluding carboxylic acids is 1. The summed E-state index contributed by atoms with van der Waals surface area (Å²) in [6.45, 7) is 9.03. The lowest BCUT2D eigenvalue weighted by atomic mass is 10.1. The monoisotopic (exact) mass is 357 g/mol. The SMILES string of the molecule is CC(C)CCCN1CCN(C(=O)Nc2ccc(Cl)c(Cl)c2)CC1. The third-order valence-electron chi connectivity index (χ3n) is 4.09. The number of rotatable bonds is 5. The number of benzene rings is 1. The van der Waals surface area contributed by atoms with Gasteiger partial charge in [-0.15, -0.1) is 0 Å². The highest BCUT2D eigenvalue weighted by Gasteiger charge is 2.21. The topological polar surface area (TPSA) is 35.6 Å². The van der Waals surface area contributed by atoms with Gasteiger partial charge in [0.1, 0.15) is 0 Å². The average molecular weight is 358 g/mol. The molecular weight excluding hydrogens is 333 g/mol. The van der Waals surface area contributed by atoms with Crippen molar-refractivity contribution in [2.45, 2.75) is 26.7 Å². The first-order valence-electron chi connectivity index (χ1n) is 8.19. The van der Waals surface area contributed by atoms with Crippen molar-refractivity contribution in [1.29, 1.82) is 0 Å². The fourth-order valence-corrected chi connectivity index (χ4v) is 2.97. The maximum absolute atomic E-state index is 12.3. The molecule has 0 spiro atoms. The van der Waals surface area contributed by atoms with Gasteiger partial charge in [0.05, 0.1) is 10.0 Å². The van der Waals surface area contributed by atoms with Crippen LogP contribution >= 0.6 is 23.2 Å². The van der Waals surface area contributed by atoms with E-state index in [0.29, 0.717) is 15.7 Å². The molecule has 1 saturated heterocycles. The molecule has 1 aliphatic rings. The number of carbonyl (C=O) groups is 1. The van der Waals surface area contributed by atoms with E-state index < -0.39 is 0 Å². The van der Waals surface area contributed by atoms with Crippen LogP contribution in [0.3, 0.4) is 0 Å². The van der Waals surface area contributed by atoms with Gasteiger partial charge >= 0.3 is 6.03 Å². The summed E-state index contributed by atoms with van der Waals surface area (Å²) in [7, 11) is 0. The van der Waals surface area contributed by atoms with Crippen LogP contribution in [-0.4, -0.2) is 48.6 Å². The zero-order valence-electron chi connectivity index (χ0n) is 13.8. The van der Waals surface area contributed by atoms with Gasteiger partial charge in [-0.25, -0.2) is 4.79 Å². The third-order valence-corrected chi connectivity index (χ3v) is 4.83. The predicted octanol–water partition coefficient (Wildman–Crippen LogP) is 4.58. The largest absolute Gasteiger partial charge is 0.322 e. The summed E-state index contributed by atoms with van der Waals surface area (Å²) in [5.41, 5.74) is 0.670. The van der Waals surface area contributed by atoms with Gasteiger partial charge in [-0.2, -0.15) is 0 Å². The minimum Gasteiger partial charge on any atom is -0.322 e. The van der Waals surface area contributed by atoms with E-state index in [0.717, 1.165) is 38.6 Å². The number of hydrogen-bond acceptors (Lipinski definition) is 2. The van der Waals surface area contributed by atoms with Gasteiger partial charge in [0, 0.05) is 31.9 Å². The second-order valence-electron chi connectivity index (χ2n) is 6.42. The maximum atomic E-state index is 12.3. The smallest absolute Gasteiger partial charge is 0.321 e. The Labute approximate surface area is 148 Å². The second kappa shape index (κ2) is 8.76. The lowest BCUT2D eigenvalue weighted by Gasteiger charge is -2.34. The number of halogens is 2. The van der Waals surface area contributed by atoms with Crippen molar-refractivity contribution < 1.29 is 4.79 Å². The third kappa shape index (κ3) is 5.87. The Morgan fingerprint density at radius 3 is 2.48 bits per heavy atom. The Kier molecular flexibility index (Phi) is 7.00. The molecule has 1 aromatic carbocycles. The molecule has 0 aromatic heterocycles. The summed E-state index contributed by atoms with van der Waals surface area (Å²) in [4.78, 5) is 16.6. The van der Waals surface area contributed by atoms with E-state index in [2.05, 4.69) is 24.1 Å². The normalized spacial score (nSPS) is 16.0. The van der Waals surface area contributed by atoms with E-state index in [1.54, 1.807) is 18.2 Å². The number of hydrogen-bond donors (Lipinski definition) is 1. The van der Waals surface area contributed by atoms with E-state index >= 15 is 0 Å². The van der Waals surface area contributed by atoms with Crippen LogP contribution in [0.1, 0.15) is 26.7 Å². The van der Waals surface area contributed by atoms with Crippen molar-refractivity contribution in [2.75, 3.05) is 38.0 Å². The van der Waals surface area contributed by atoms with Crippen molar-refractivity contribution >= 4 is 34.9 Å². The standard InChI is InChI=1S/C17H25Cl2N3O/c1-13(2)4-3-7-21-8-10-22(11-9-21)17(23)20-14-5-6-15(18)16(19)12-14/h5-6,12-13H,3-4,7-11H2,1-2H3,(H,20,23). The highest BCUT2D eigenvalue weighted by molar-refractivity contribution is 6.42. The first kappa shape index (κ1) is 18.4. The molecule has 1 aliphatic heterocycles. The van der Waals surface area contributed by atoms with E-state index in [1.165, 1.54) is 12.8 Å². The first-order chi connectivity index (χ1) is 11.0. The van der Waals surface area contributed by atoms with Crippen LogP contribution in [0, 0.1) is 5.92 Å². The number of amides is 2. The summed E-state index contributed by atoms with van der Waals surface area (Å²) in [6.07, 6.45) is 2.49. The Balaban J connectivity index is 1.76. The number of piperazine rings is 1. The molecule has 1 heterocycles. The highest BCUT2D eigenvalue weighted by atomic mass is 35.5. The van der Waals surface area contributed by atoms with Gasteiger partial charge in [0.15, 0.2) is 0 Å². The number of anilines is 1. The van der Waals surface area contributed by atoms with Gasteiger partial charge in [-0.05, 0) is 43.5 Å². The van der Waals surface area contributed by atoms with E-state index in [9.17, 15) is 4.79 Å². The molecule has 0 saturated carbocycles. The van der Waals surface area contributed by atoms with Crippen LogP contribution in [0.4, 0.5) is 10.5 Å². The average Bonchev–Trinajstić information content (AvgIpc) is 2.51. The lowest BCUT2D eigenvalue weighted by Crippen LogP contribution is -2.50. The Bertz CT molecular complexity index is 529. The summed E-state index contributed by atoms with van der Waals surface area (Å²) in [5, 5.41) is 3.81. The van der Waals surface area contributed by atoms with Crippen molar-refractivity contribution in [3.8, 4) is 0 Å². The molecule has 1 fully saturated rings. The molecule has 6 heteroatoms. The second-order valence-corrected chi connectivity index (χ2v) is 7.24. The van der Waals surface area contributed by atoms with Gasteiger partial charge in [0.25, 0.3) is 0 Å². The summed E-state index contributed by atoms with van der Waals surface area (Å²) in [5.74, 6) is 0.758. The highest BCUT2D eigenvalue weighted by Crippen LogP contribution is 2.25. The molecule has 23 heavy (non-hydrogen) atoms. The van der Waals surface area contributed by atoms with Crippen molar-refractivity contribution in [1.82, 2.24) is 9.80 Å². The van der Waals surface area contributed by atoms with Gasteiger partial charge in [-0.3, -0.25) is 4.90 Å². The quantitative estimate of drug-likeness (QED) is 0.836. The molecule has 1 aromatic rings. The fraction of sp³-hybridized carbons (Fsp3) is 0.588. The molecule has 0 radical (unpaired) electrons. The number of urea groups is 1. The summed E-state index contributed by atoms with van der Waals surface area (Å²) >= 11 is 11.9. The van der Waals surface area contributed by atoms with E-state index in [4.69, 9.17) is 23.2 Å². The molecule has 128 valence electrons. The molecule has 2 amide bonds. The van der Waals surface area contributed by atoms with Crippen LogP contribution in [0.15, 0.2) is 18.2 Å². The zero-order chi connectivity index (χ0) is 16.8. The van der Waals surface area contributed by atoms with E-state index in [-0.39, 0.29) is 6.03 Å². The minimum atomic E-state index is -0.0785. The van der Waals surface area contributed by atoms with Crippen LogP contribution in [0.25, 0.3) is 0 Å². The summed E-state index contributed by atoms with van der Waals surface area (Å²) in [6, 6.07) is 5.04. The lowest BCUT2D eigenvalue weighted by molar-refractivity contribution is 0.145. The van der Waals surface area contributed by atoms with Crippen molar-refractivity contribution in [3.05, 3.63) is 28.2 Å². The number of nitrogens with one attached hydrogen (secondary N) is 1. The van der Waals surface area contributed by atoms with Crippen LogP contribution in [0.5, 0.6) is 0 Å². The van der Waals surface area contributed by atoms with E-state index in [1.807, 2.05) is 4.90 Å². The minimum absolute atomic E-state index is 0.0785. The van der Waals surface area contributed by atoms with Gasteiger partial charge in [0.2, 0.25) is 0 Å². The first-order valence-corrected chi connectivity index (χ1v) is 8.94.